The Hall–Kier alpha value is -2.48. The summed E-state index contributed by atoms with van der Waals surface area (Å²) >= 11 is 0. The molecule has 0 amide bonds. The lowest BCUT2D eigenvalue weighted by Gasteiger charge is -2.13. The quantitative estimate of drug-likeness (QED) is 0.541. The number of aryl methyl sites for hydroxylation is 1. The number of rotatable bonds is 8. The van der Waals surface area contributed by atoms with Gasteiger partial charge in [0.2, 0.25) is 11.9 Å². The summed E-state index contributed by atoms with van der Waals surface area (Å²) in [4.78, 5) is 17.9. The molecule has 2 aromatic rings. The fourth-order valence-electron chi connectivity index (χ4n) is 2.06. The van der Waals surface area contributed by atoms with Gasteiger partial charge in [-0.1, -0.05) is 13.0 Å². The van der Waals surface area contributed by atoms with Gasteiger partial charge >= 0.3 is 0 Å². The second kappa shape index (κ2) is 7.68. The Labute approximate surface area is 135 Å². The van der Waals surface area contributed by atoms with Crippen LogP contribution in [-0.4, -0.2) is 51.3 Å². The fourth-order valence-corrected chi connectivity index (χ4v) is 2.06. The molecule has 4 N–H and O–H groups in total. The van der Waals surface area contributed by atoms with Crippen LogP contribution >= 0.6 is 0 Å². The van der Waals surface area contributed by atoms with Gasteiger partial charge in [0.1, 0.15) is 11.0 Å². The van der Waals surface area contributed by atoms with Crippen LogP contribution in [0.1, 0.15) is 19.5 Å². The van der Waals surface area contributed by atoms with Crippen LogP contribution in [0, 0.1) is 0 Å². The van der Waals surface area contributed by atoms with Gasteiger partial charge in [-0.25, -0.2) is 15.0 Å². The molecule has 0 saturated carbocycles. The lowest BCUT2D eigenvalue weighted by atomic mass is 10.2. The highest BCUT2D eigenvalue weighted by Gasteiger charge is 2.14. The van der Waals surface area contributed by atoms with Crippen LogP contribution in [0.3, 0.4) is 0 Å². The van der Waals surface area contributed by atoms with E-state index in [2.05, 4.69) is 42.5 Å². The maximum absolute atomic E-state index is 9.40. The molecule has 8 nitrogen and oxygen atoms in total. The molecule has 2 aromatic heterocycles. The number of hydrogen-bond donors (Lipinski definition) is 4. The highest BCUT2D eigenvalue weighted by atomic mass is 16.3. The lowest BCUT2D eigenvalue weighted by Crippen LogP contribution is -2.18. The highest BCUT2D eigenvalue weighted by molar-refractivity contribution is 5.88. The van der Waals surface area contributed by atoms with Crippen molar-refractivity contribution in [2.24, 2.45) is 0 Å². The number of aliphatic hydroxyl groups is 1. The molecule has 0 spiro atoms. The third kappa shape index (κ3) is 4.04. The topological polar surface area (TPSA) is 108 Å². The first-order valence-corrected chi connectivity index (χ1v) is 7.62. The zero-order valence-corrected chi connectivity index (χ0v) is 13.7. The molecule has 0 aromatic carbocycles. The number of aromatic nitrogens is 4. The maximum Gasteiger partial charge on any atom is 0.225 e. The molecular weight excluding hydrogens is 294 g/mol. The average Bonchev–Trinajstić information content (AvgIpc) is 2.56. The van der Waals surface area contributed by atoms with Crippen molar-refractivity contribution >= 4 is 28.7 Å². The molecule has 2 rings (SSSR count). The van der Waals surface area contributed by atoms with E-state index < -0.39 is 6.10 Å². The summed E-state index contributed by atoms with van der Waals surface area (Å²) in [5.74, 6) is 1.59. The fraction of sp³-hybridized carbons (Fsp3) is 0.467. The Morgan fingerprint density at radius 1 is 1.13 bits per heavy atom. The van der Waals surface area contributed by atoms with E-state index in [9.17, 15) is 5.11 Å². The molecule has 0 fully saturated rings. The standard InChI is InChI=1S/C15H23N7O/c1-5-7-17-14-20-11-10(6-2)19-15(18-8-9(3)23)21-12(11)13(16-4)22-14/h5,9,23H,1,6-8H2,2-4H3,(H,18,19,21)(H2,16,17,20,22)/t9-/m0/s1. The number of anilines is 3. The second-order valence-corrected chi connectivity index (χ2v) is 5.09. The number of nitrogens with zero attached hydrogens (tertiary/aromatic N) is 4. The summed E-state index contributed by atoms with van der Waals surface area (Å²) in [5, 5.41) is 18.6. The molecule has 0 saturated heterocycles. The van der Waals surface area contributed by atoms with Crippen molar-refractivity contribution in [3.8, 4) is 0 Å². The van der Waals surface area contributed by atoms with Crippen LogP contribution in [0.25, 0.3) is 11.0 Å². The van der Waals surface area contributed by atoms with Gasteiger partial charge < -0.3 is 21.1 Å². The van der Waals surface area contributed by atoms with Crippen molar-refractivity contribution in [3.63, 3.8) is 0 Å². The maximum atomic E-state index is 9.40. The van der Waals surface area contributed by atoms with Gasteiger partial charge in [0.15, 0.2) is 5.82 Å². The van der Waals surface area contributed by atoms with E-state index in [0.29, 0.717) is 48.3 Å². The van der Waals surface area contributed by atoms with Crippen molar-refractivity contribution < 1.29 is 5.11 Å². The van der Waals surface area contributed by atoms with E-state index in [4.69, 9.17) is 0 Å². The first-order valence-electron chi connectivity index (χ1n) is 7.62. The Morgan fingerprint density at radius 2 is 1.83 bits per heavy atom. The van der Waals surface area contributed by atoms with Gasteiger partial charge in [0.05, 0.1) is 11.8 Å². The lowest BCUT2D eigenvalue weighted by molar-refractivity contribution is 0.208. The van der Waals surface area contributed by atoms with Crippen LogP contribution < -0.4 is 16.0 Å². The summed E-state index contributed by atoms with van der Waals surface area (Å²) in [7, 11) is 1.79. The molecule has 0 aliphatic carbocycles. The third-order valence-electron chi connectivity index (χ3n) is 3.15. The van der Waals surface area contributed by atoms with Gasteiger partial charge in [-0.2, -0.15) is 4.98 Å². The van der Waals surface area contributed by atoms with Crippen molar-refractivity contribution in [2.75, 3.05) is 36.1 Å². The number of aliphatic hydroxyl groups excluding tert-OH is 1. The van der Waals surface area contributed by atoms with Crippen molar-refractivity contribution in [1.82, 2.24) is 19.9 Å². The van der Waals surface area contributed by atoms with Crippen LogP contribution in [-0.2, 0) is 6.42 Å². The zero-order chi connectivity index (χ0) is 16.8. The molecule has 0 aliphatic heterocycles. The Balaban J connectivity index is 2.51. The predicted octanol–water partition coefficient (Wildman–Crippen LogP) is 1.41. The minimum absolute atomic E-state index is 0.378. The van der Waals surface area contributed by atoms with Gasteiger partial charge in [-0.3, -0.25) is 0 Å². The summed E-state index contributed by atoms with van der Waals surface area (Å²) in [6, 6.07) is 0. The van der Waals surface area contributed by atoms with E-state index in [1.807, 2.05) is 6.92 Å². The molecule has 124 valence electrons. The summed E-state index contributed by atoms with van der Waals surface area (Å²) < 4.78 is 0. The van der Waals surface area contributed by atoms with Crippen LogP contribution in [0.4, 0.5) is 17.7 Å². The SMILES string of the molecule is C=CCNc1nc(NC)c2nc(NC[C@H](C)O)nc(CC)c2n1. The number of nitrogens with one attached hydrogen (secondary N) is 3. The van der Waals surface area contributed by atoms with Crippen LogP contribution in [0.5, 0.6) is 0 Å². The normalized spacial score (nSPS) is 12.0. The van der Waals surface area contributed by atoms with Crippen molar-refractivity contribution in [2.45, 2.75) is 26.4 Å². The van der Waals surface area contributed by atoms with E-state index >= 15 is 0 Å². The minimum atomic E-state index is -0.482. The van der Waals surface area contributed by atoms with E-state index in [1.165, 1.54) is 0 Å². The second-order valence-electron chi connectivity index (χ2n) is 5.09. The van der Waals surface area contributed by atoms with Crippen molar-refractivity contribution in [1.29, 1.82) is 0 Å². The van der Waals surface area contributed by atoms with Crippen LogP contribution in [0.2, 0.25) is 0 Å². The molecule has 0 bridgehead atoms. The first-order chi connectivity index (χ1) is 11.1. The van der Waals surface area contributed by atoms with Crippen molar-refractivity contribution in [3.05, 3.63) is 18.3 Å². The molecule has 0 radical (unpaired) electrons. The summed E-state index contributed by atoms with van der Waals surface area (Å²) in [6.45, 7) is 8.34. The predicted molar refractivity (Wildman–Crippen MR) is 92.9 cm³/mol. The Kier molecular flexibility index (Phi) is 5.64. The Bertz CT molecular complexity index is 687. The third-order valence-corrected chi connectivity index (χ3v) is 3.15. The Morgan fingerprint density at radius 3 is 2.43 bits per heavy atom. The van der Waals surface area contributed by atoms with Gasteiger partial charge in [0.25, 0.3) is 0 Å². The molecule has 23 heavy (non-hydrogen) atoms. The minimum Gasteiger partial charge on any atom is -0.392 e. The van der Waals surface area contributed by atoms with Gasteiger partial charge in [0, 0.05) is 20.1 Å². The smallest absolute Gasteiger partial charge is 0.225 e. The van der Waals surface area contributed by atoms with Gasteiger partial charge in [-0.05, 0) is 13.3 Å². The first kappa shape index (κ1) is 16.9. The number of fused-ring (bicyclic) bond motifs is 1. The van der Waals surface area contributed by atoms with Crippen LogP contribution in [0.15, 0.2) is 12.7 Å². The molecular formula is C15H23N7O. The average molecular weight is 317 g/mol. The van der Waals surface area contributed by atoms with Gasteiger partial charge in [-0.15, -0.1) is 6.58 Å². The molecule has 2 heterocycles. The summed E-state index contributed by atoms with van der Waals surface area (Å²) in [5.41, 5.74) is 2.18. The largest absolute Gasteiger partial charge is 0.392 e. The molecule has 1 atom stereocenters. The monoisotopic (exact) mass is 317 g/mol. The zero-order valence-electron chi connectivity index (χ0n) is 13.7. The van der Waals surface area contributed by atoms with E-state index in [1.54, 1.807) is 20.0 Å². The van der Waals surface area contributed by atoms with E-state index in [0.717, 1.165) is 5.69 Å². The summed E-state index contributed by atoms with van der Waals surface area (Å²) in [6.07, 6.45) is 1.97. The molecule has 8 heteroatoms. The number of hydrogen-bond acceptors (Lipinski definition) is 8. The van der Waals surface area contributed by atoms with E-state index in [-0.39, 0.29) is 0 Å². The molecule has 0 unspecified atom stereocenters. The highest BCUT2D eigenvalue weighted by Crippen LogP contribution is 2.24. The molecule has 0 aliphatic rings.